The smallest absolute Gasteiger partial charge is 0.371 e. The fourth-order valence-electron chi connectivity index (χ4n) is 1.11. The first-order valence-electron chi connectivity index (χ1n) is 4.89. The molecule has 0 aromatic carbocycles. The van der Waals surface area contributed by atoms with Crippen LogP contribution in [0.4, 0.5) is 0 Å². The number of nitrogens with one attached hydrogen (secondary N) is 2. The third-order valence-electron chi connectivity index (χ3n) is 1.70. The van der Waals surface area contributed by atoms with Crippen LogP contribution < -0.4 is 9.44 Å². The third-order valence-corrected chi connectivity index (χ3v) is 3.01. The second kappa shape index (κ2) is 5.30. The Bertz CT molecular complexity index is 491. The van der Waals surface area contributed by atoms with E-state index in [2.05, 4.69) is 9.44 Å². The van der Waals surface area contributed by atoms with Crippen LogP contribution in [-0.4, -0.2) is 25.5 Å². The topological polar surface area (TPSA) is 109 Å². The van der Waals surface area contributed by atoms with Gasteiger partial charge in [-0.3, -0.25) is 0 Å². The average molecular weight is 262 g/mol. The fraction of sp³-hybridized carbons (Fsp3) is 0.444. The predicted octanol–water partition coefficient (Wildman–Crippen LogP) is 0.310. The van der Waals surface area contributed by atoms with Gasteiger partial charge in [0.15, 0.2) is 0 Å². The first kappa shape index (κ1) is 13.7. The SMILES string of the molecule is CC(C)NS(=O)(=O)NCc1ccc(C(=O)O)o1. The van der Waals surface area contributed by atoms with Crippen molar-refractivity contribution in [1.82, 2.24) is 9.44 Å². The zero-order chi connectivity index (χ0) is 13.1. The molecule has 0 aliphatic heterocycles. The van der Waals surface area contributed by atoms with Crippen molar-refractivity contribution in [1.29, 1.82) is 0 Å². The fourth-order valence-corrected chi connectivity index (χ4v) is 2.14. The molecular weight excluding hydrogens is 248 g/mol. The van der Waals surface area contributed by atoms with E-state index in [9.17, 15) is 13.2 Å². The summed E-state index contributed by atoms with van der Waals surface area (Å²) in [5.74, 6) is -1.19. The van der Waals surface area contributed by atoms with Gasteiger partial charge in [0.05, 0.1) is 6.54 Å². The Morgan fingerprint density at radius 3 is 2.59 bits per heavy atom. The number of aromatic carboxylic acids is 1. The van der Waals surface area contributed by atoms with E-state index in [1.807, 2.05) is 0 Å². The third kappa shape index (κ3) is 4.55. The first-order chi connectivity index (χ1) is 7.80. The van der Waals surface area contributed by atoms with Crippen molar-refractivity contribution in [3.05, 3.63) is 23.7 Å². The summed E-state index contributed by atoms with van der Waals surface area (Å²) in [4.78, 5) is 10.5. The lowest BCUT2D eigenvalue weighted by atomic mass is 10.4. The lowest BCUT2D eigenvalue weighted by molar-refractivity contribution is 0.0660. The van der Waals surface area contributed by atoms with Crippen LogP contribution in [0.25, 0.3) is 0 Å². The summed E-state index contributed by atoms with van der Waals surface area (Å²) in [7, 11) is -3.60. The molecule has 3 N–H and O–H groups in total. The van der Waals surface area contributed by atoms with Crippen LogP contribution in [-0.2, 0) is 16.8 Å². The Morgan fingerprint density at radius 1 is 1.47 bits per heavy atom. The van der Waals surface area contributed by atoms with Gasteiger partial charge in [0.2, 0.25) is 5.76 Å². The lowest BCUT2D eigenvalue weighted by Gasteiger charge is -2.09. The number of hydrogen-bond acceptors (Lipinski definition) is 4. The zero-order valence-electron chi connectivity index (χ0n) is 9.43. The molecule has 0 bridgehead atoms. The van der Waals surface area contributed by atoms with E-state index in [1.54, 1.807) is 13.8 Å². The summed E-state index contributed by atoms with van der Waals surface area (Å²) in [6.45, 7) is 3.28. The number of hydrogen-bond donors (Lipinski definition) is 3. The molecule has 0 aliphatic carbocycles. The van der Waals surface area contributed by atoms with Crippen molar-refractivity contribution in [2.45, 2.75) is 26.4 Å². The molecular formula is C9H14N2O5S. The molecule has 0 saturated carbocycles. The molecule has 1 heterocycles. The highest BCUT2D eigenvalue weighted by atomic mass is 32.2. The monoisotopic (exact) mass is 262 g/mol. The minimum Gasteiger partial charge on any atom is -0.475 e. The van der Waals surface area contributed by atoms with E-state index in [1.165, 1.54) is 12.1 Å². The number of carboxylic acid groups (broad SMARTS) is 1. The quantitative estimate of drug-likeness (QED) is 0.683. The first-order valence-corrected chi connectivity index (χ1v) is 6.37. The molecule has 0 aliphatic rings. The Balaban J connectivity index is 2.58. The summed E-state index contributed by atoms with van der Waals surface area (Å²) < 4.78 is 32.2. The van der Waals surface area contributed by atoms with Crippen molar-refractivity contribution in [2.24, 2.45) is 0 Å². The second-order valence-corrected chi connectivity index (χ2v) is 5.20. The molecule has 7 nitrogen and oxygen atoms in total. The molecule has 8 heteroatoms. The highest BCUT2D eigenvalue weighted by Crippen LogP contribution is 2.07. The van der Waals surface area contributed by atoms with E-state index in [0.717, 1.165) is 0 Å². The molecule has 0 spiro atoms. The normalized spacial score (nSPS) is 11.9. The van der Waals surface area contributed by atoms with E-state index in [-0.39, 0.29) is 24.1 Å². The van der Waals surface area contributed by atoms with Crippen LogP contribution in [0.1, 0.15) is 30.2 Å². The van der Waals surface area contributed by atoms with E-state index in [4.69, 9.17) is 9.52 Å². The second-order valence-electron chi connectivity index (χ2n) is 3.67. The Hall–Kier alpha value is -1.38. The van der Waals surface area contributed by atoms with Crippen LogP contribution in [0.5, 0.6) is 0 Å². The summed E-state index contributed by atoms with van der Waals surface area (Å²) >= 11 is 0. The molecule has 0 unspecified atom stereocenters. The molecule has 0 fully saturated rings. The van der Waals surface area contributed by atoms with E-state index in [0.29, 0.717) is 0 Å². The van der Waals surface area contributed by atoms with E-state index < -0.39 is 16.2 Å². The van der Waals surface area contributed by atoms with Gasteiger partial charge >= 0.3 is 5.97 Å². The van der Waals surface area contributed by atoms with Gasteiger partial charge < -0.3 is 9.52 Å². The largest absolute Gasteiger partial charge is 0.475 e. The van der Waals surface area contributed by atoms with Gasteiger partial charge in [-0.1, -0.05) is 0 Å². The number of rotatable bonds is 6. The number of carboxylic acids is 1. The molecule has 17 heavy (non-hydrogen) atoms. The maximum absolute atomic E-state index is 11.4. The minimum atomic E-state index is -3.60. The zero-order valence-corrected chi connectivity index (χ0v) is 10.2. The molecule has 0 atom stereocenters. The Labute approximate surface area is 99.0 Å². The molecule has 0 amide bonds. The van der Waals surface area contributed by atoms with Gasteiger partial charge in [0.1, 0.15) is 5.76 Å². The highest BCUT2D eigenvalue weighted by Gasteiger charge is 2.13. The van der Waals surface area contributed by atoms with Gasteiger partial charge in [-0.2, -0.15) is 17.9 Å². The molecule has 1 rings (SSSR count). The highest BCUT2D eigenvalue weighted by molar-refractivity contribution is 7.87. The summed E-state index contributed by atoms with van der Waals surface area (Å²) in [5.41, 5.74) is 0. The van der Waals surface area contributed by atoms with Crippen molar-refractivity contribution in [3.63, 3.8) is 0 Å². The van der Waals surface area contributed by atoms with Crippen molar-refractivity contribution in [3.8, 4) is 0 Å². The van der Waals surface area contributed by atoms with Crippen LogP contribution >= 0.6 is 0 Å². The molecule has 0 radical (unpaired) electrons. The maximum atomic E-state index is 11.4. The minimum absolute atomic E-state index is 0.102. The standard InChI is InChI=1S/C9H14N2O5S/c1-6(2)11-17(14,15)10-5-7-3-4-8(16-7)9(12)13/h3-4,6,10-11H,5H2,1-2H3,(H,12,13). The predicted molar refractivity (Wildman–Crippen MR) is 59.7 cm³/mol. The van der Waals surface area contributed by atoms with Gasteiger partial charge in [-0.05, 0) is 26.0 Å². The molecule has 1 aromatic heterocycles. The Morgan fingerprint density at radius 2 is 2.12 bits per heavy atom. The summed E-state index contributed by atoms with van der Waals surface area (Å²) in [6.07, 6.45) is 0. The summed E-state index contributed by atoms with van der Waals surface area (Å²) in [5, 5.41) is 8.60. The molecule has 1 aromatic rings. The van der Waals surface area contributed by atoms with Crippen LogP contribution in [0, 0.1) is 0 Å². The average Bonchev–Trinajstić information content (AvgIpc) is 2.61. The van der Waals surface area contributed by atoms with Crippen molar-refractivity contribution >= 4 is 16.2 Å². The van der Waals surface area contributed by atoms with Gasteiger partial charge in [0, 0.05) is 6.04 Å². The van der Waals surface area contributed by atoms with Crippen LogP contribution in [0.15, 0.2) is 16.5 Å². The van der Waals surface area contributed by atoms with Gasteiger partial charge in [0.25, 0.3) is 10.2 Å². The van der Waals surface area contributed by atoms with Crippen LogP contribution in [0.2, 0.25) is 0 Å². The van der Waals surface area contributed by atoms with Crippen LogP contribution in [0.3, 0.4) is 0 Å². The Kier molecular flexibility index (Phi) is 4.27. The molecule has 96 valence electrons. The lowest BCUT2D eigenvalue weighted by Crippen LogP contribution is -2.39. The maximum Gasteiger partial charge on any atom is 0.371 e. The van der Waals surface area contributed by atoms with Gasteiger partial charge in [-0.15, -0.1) is 0 Å². The number of furan rings is 1. The van der Waals surface area contributed by atoms with Crippen molar-refractivity contribution < 1.29 is 22.7 Å². The van der Waals surface area contributed by atoms with Gasteiger partial charge in [-0.25, -0.2) is 4.79 Å². The molecule has 0 saturated heterocycles. The van der Waals surface area contributed by atoms with Crippen molar-refractivity contribution in [2.75, 3.05) is 0 Å². The number of carbonyl (C=O) groups is 1. The van der Waals surface area contributed by atoms with E-state index >= 15 is 0 Å². The summed E-state index contributed by atoms with van der Waals surface area (Å²) in [6, 6.07) is 2.45.